The van der Waals surface area contributed by atoms with E-state index in [1.807, 2.05) is 0 Å². The normalized spacial score (nSPS) is 19.1. The number of aliphatic imine (C=N–C) groups is 1. The van der Waals surface area contributed by atoms with E-state index in [-0.39, 0.29) is 11.8 Å². The van der Waals surface area contributed by atoms with Gasteiger partial charge in [0.05, 0.1) is 0 Å². The van der Waals surface area contributed by atoms with Crippen LogP contribution < -0.4 is 16.0 Å². The van der Waals surface area contributed by atoms with Crippen LogP contribution in [-0.4, -0.2) is 70.8 Å². The predicted octanol–water partition coefficient (Wildman–Crippen LogP) is 0.169. The largest absolute Gasteiger partial charge is 0.478 e. The van der Waals surface area contributed by atoms with Gasteiger partial charge in [0.25, 0.3) is 0 Å². The average molecular weight is 450 g/mol. The van der Waals surface area contributed by atoms with Crippen LogP contribution in [0.2, 0.25) is 0 Å². The van der Waals surface area contributed by atoms with E-state index in [1.165, 1.54) is 6.08 Å². The molecule has 1 aliphatic heterocycles. The van der Waals surface area contributed by atoms with E-state index in [4.69, 9.17) is 10.2 Å². The molecule has 0 radical (unpaired) electrons. The zero-order chi connectivity index (χ0) is 23.9. The summed E-state index contributed by atoms with van der Waals surface area (Å²) >= 11 is 0. The van der Waals surface area contributed by atoms with E-state index in [0.717, 1.165) is 18.2 Å². The van der Waals surface area contributed by atoms with Crippen LogP contribution in [0.3, 0.4) is 0 Å². The first kappa shape index (κ1) is 26.5. The number of carbonyl (C=O) groups excluding carboxylic acids is 3. The molecule has 1 aliphatic rings. The average Bonchev–Trinajstić information content (AvgIpc) is 2.73. The van der Waals surface area contributed by atoms with Crippen molar-refractivity contribution in [2.45, 2.75) is 57.5 Å². The zero-order valence-electron chi connectivity index (χ0n) is 18.0. The minimum absolute atomic E-state index is 0.231. The fourth-order valence-corrected chi connectivity index (χ4v) is 2.93. The van der Waals surface area contributed by atoms with E-state index in [2.05, 4.69) is 20.9 Å². The van der Waals surface area contributed by atoms with Gasteiger partial charge in [-0.2, -0.15) is 0 Å². The van der Waals surface area contributed by atoms with E-state index < -0.39 is 29.9 Å². The van der Waals surface area contributed by atoms with Gasteiger partial charge >= 0.3 is 11.9 Å². The Labute approximate surface area is 186 Å². The number of rotatable bonds is 14. The number of aliphatic carboxylic acids is 2. The Hall–Kier alpha value is -3.50. The molecule has 0 aromatic rings. The predicted molar refractivity (Wildman–Crippen MR) is 116 cm³/mol. The van der Waals surface area contributed by atoms with Crippen molar-refractivity contribution >= 4 is 35.4 Å². The van der Waals surface area contributed by atoms with Crippen LogP contribution in [0, 0.1) is 0 Å². The van der Waals surface area contributed by atoms with Gasteiger partial charge in [-0.1, -0.05) is 0 Å². The summed E-state index contributed by atoms with van der Waals surface area (Å²) < 4.78 is 0. The van der Waals surface area contributed by atoms with Crippen molar-refractivity contribution < 1.29 is 34.2 Å². The molecule has 2 atom stereocenters. The molecular formula is C21H30N4O7. The lowest BCUT2D eigenvalue weighted by Crippen LogP contribution is -2.61. The summed E-state index contributed by atoms with van der Waals surface area (Å²) in [7, 11) is 0. The molecule has 0 aromatic heterocycles. The van der Waals surface area contributed by atoms with Crippen LogP contribution in [0.25, 0.3) is 0 Å². The number of hydrogen-bond acceptors (Lipinski definition) is 6. The lowest BCUT2D eigenvalue weighted by molar-refractivity contribution is -0.137. The molecule has 11 heteroatoms. The molecule has 0 aromatic carbocycles. The molecule has 1 heterocycles. The maximum Gasteiger partial charge on any atom is 0.328 e. The molecular weight excluding hydrogens is 420 g/mol. The van der Waals surface area contributed by atoms with Crippen LogP contribution in [-0.2, 0) is 24.0 Å². The second kappa shape index (κ2) is 14.5. The highest BCUT2D eigenvalue weighted by Gasteiger charge is 2.32. The molecule has 5 N–H and O–H groups in total. The van der Waals surface area contributed by atoms with Crippen molar-refractivity contribution in [2.75, 3.05) is 13.1 Å². The molecule has 1 fully saturated rings. The highest BCUT2D eigenvalue weighted by molar-refractivity contribution is 5.98. The van der Waals surface area contributed by atoms with Crippen molar-refractivity contribution in [3.63, 3.8) is 0 Å². The molecule has 3 amide bonds. The lowest BCUT2D eigenvalue weighted by atomic mass is 10.0. The van der Waals surface area contributed by atoms with E-state index in [0.29, 0.717) is 57.3 Å². The topological polar surface area (TPSA) is 174 Å². The van der Waals surface area contributed by atoms with Crippen molar-refractivity contribution in [1.82, 2.24) is 16.0 Å². The first-order valence-electron chi connectivity index (χ1n) is 10.4. The Morgan fingerprint density at radius 3 is 1.97 bits per heavy atom. The van der Waals surface area contributed by atoms with E-state index in [1.54, 1.807) is 6.92 Å². The molecule has 11 nitrogen and oxygen atoms in total. The van der Waals surface area contributed by atoms with Gasteiger partial charge in [-0.3, -0.25) is 19.4 Å². The van der Waals surface area contributed by atoms with Gasteiger partial charge in [-0.15, -0.1) is 0 Å². The quantitative estimate of drug-likeness (QED) is 0.142. The minimum Gasteiger partial charge on any atom is -0.478 e. The molecule has 0 bridgehead atoms. The summed E-state index contributed by atoms with van der Waals surface area (Å²) in [6, 6.07) is -1.20. The summed E-state index contributed by atoms with van der Waals surface area (Å²) in [6.07, 6.45) is 7.60. The number of unbranched alkanes of at least 4 members (excludes halogenated alkanes) is 2. The first-order valence-corrected chi connectivity index (χ1v) is 10.4. The zero-order valence-corrected chi connectivity index (χ0v) is 18.0. The van der Waals surface area contributed by atoms with Gasteiger partial charge in [0.15, 0.2) is 0 Å². The summed E-state index contributed by atoms with van der Waals surface area (Å²) in [5, 5.41) is 25.0. The van der Waals surface area contributed by atoms with Gasteiger partial charge in [0.1, 0.15) is 12.1 Å². The van der Waals surface area contributed by atoms with E-state index in [9.17, 15) is 24.0 Å². The highest BCUT2D eigenvalue weighted by Crippen LogP contribution is 2.10. The molecule has 176 valence electrons. The van der Waals surface area contributed by atoms with Gasteiger partial charge in [-0.25, -0.2) is 9.59 Å². The Balaban J connectivity index is 2.23. The van der Waals surface area contributed by atoms with Crippen LogP contribution >= 0.6 is 0 Å². The number of nitrogens with zero attached hydrogens (tertiary/aromatic N) is 1. The van der Waals surface area contributed by atoms with Crippen molar-refractivity contribution in [1.29, 1.82) is 0 Å². The molecule has 0 spiro atoms. The van der Waals surface area contributed by atoms with Crippen LogP contribution in [0.1, 0.15) is 45.4 Å². The number of carboxylic acids is 2. The number of allylic oxidation sites excluding steroid dienone is 1. The summed E-state index contributed by atoms with van der Waals surface area (Å²) in [6.45, 7) is 2.55. The fraction of sp³-hybridized carbons (Fsp3) is 0.524. The number of carbonyl (C=O) groups is 5. The third-order valence-corrected chi connectivity index (χ3v) is 4.59. The van der Waals surface area contributed by atoms with E-state index >= 15 is 0 Å². The van der Waals surface area contributed by atoms with Gasteiger partial charge in [0.2, 0.25) is 17.7 Å². The molecule has 0 aliphatic carbocycles. The Bertz CT molecular complexity index is 789. The fourth-order valence-electron chi connectivity index (χ4n) is 2.93. The monoisotopic (exact) mass is 450 g/mol. The smallest absolute Gasteiger partial charge is 0.328 e. The minimum atomic E-state index is -1.20. The Morgan fingerprint density at radius 1 is 0.875 bits per heavy atom. The third-order valence-electron chi connectivity index (χ3n) is 4.59. The summed E-state index contributed by atoms with van der Waals surface area (Å²) in [5.74, 6) is -3.21. The number of amides is 3. The second-order valence-corrected chi connectivity index (χ2v) is 7.27. The highest BCUT2D eigenvalue weighted by atomic mass is 16.4. The number of nitrogens with one attached hydrogen (secondary N) is 3. The molecule has 32 heavy (non-hydrogen) atoms. The van der Waals surface area contributed by atoms with Crippen LogP contribution in [0.4, 0.5) is 0 Å². The standard InChI is InChI=1S/C21H30N4O7/c1-14(8-10-18(27)28)22-12-4-2-6-15-20(31)25-16(21(32)24-15)7-3-5-13-23-17(26)9-11-19(29)30/h8-11,15-16H,2-7,12-13H2,1H3,(H,23,26)(H,24,32)(H,25,31)(H,27,28)(H,29,30). The van der Waals surface area contributed by atoms with Gasteiger partial charge in [0, 0.05) is 37.0 Å². The Morgan fingerprint density at radius 2 is 1.41 bits per heavy atom. The molecule has 1 rings (SSSR count). The number of hydrogen-bond donors (Lipinski definition) is 5. The van der Waals surface area contributed by atoms with Crippen LogP contribution in [0.15, 0.2) is 29.3 Å². The Kier molecular flexibility index (Phi) is 12.0. The maximum atomic E-state index is 12.2. The molecule has 2 unspecified atom stereocenters. The second-order valence-electron chi connectivity index (χ2n) is 7.27. The van der Waals surface area contributed by atoms with Crippen molar-refractivity contribution in [2.24, 2.45) is 4.99 Å². The molecule has 1 saturated heterocycles. The molecule has 0 saturated carbocycles. The summed E-state index contributed by atoms with van der Waals surface area (Å²) in [4.78, 5) is 60.8. The lowest BCUT2D eigenvalue weighted by Gasteiger charge is -2.29. The maximum absolute atomic E-state index is 12.2. The van der Waals surface area contributed by atoms with Crippen molar-refractivity contribution in [3.8, 4) is 0 Å². The SMILES string of the molecule is CC(C=CC(=O)O)=NCCCCC1NC(=O)C(CCCCNC(=O)C=CC(=O)O)NC1=O. The van der Waals surface area contributed by atoms with Gasteiger partial charge < -0.3 is 26.2 Å². The summed E-state index contributed by atoms with van der Waals surface area (Å²) in [5.41, 5.74) is 0.607. The number of piperazine rings is 1. The number of carboxylic acid groups (broad SMARTS) is 2. The third kappa shape index (κ3) is 11.6. The van der Waals surface area contributed by atoms with Crippen LogP contribution in [0.5, 0.6) is 0 Å². The van der Waals surface area contributed by atoms with Crippen molar-refractivity contribution in [3.05, 3.63) is 24.3 Å². The first-order chi connectivity index (χ1) is 15.2. The van der Waals surface area contributed by atoms with Gasteiger partial charge in [-0.05, 0) is 51.5 Å².